The molecule has 2 aliphatic heterocycles. The van der Waals surface area contributed by atoms with Crippen molar-refractivity contribution in [1.29, 1.82) is 0 Å². The van der Waals surface area contributed by atoms with Crippen molar-refractivity contribution in [2.24, 2.45) is 0 Å². The lowest BCUT2D eigenvalue weighted by atomic mass is 10.0. The zero-order valence-electron chi connectivity index (χ0n) is 18.2. The lowest BCUT2D eigenvalue weighted by molar-refractivity contribution is -0.133. The first-order valence-corrected chi connectivity index (χ1v) is 11.1. The summed E-state index contributed by atoms with van der Waals surface area (Å²) in [6.07, 6.45) is 0.364. The van der Waals surface area contributed by atoms with Crippen molar-refractivity contribution in [1.82, 2.24) is 10.2 Å². The topological polar surface area (TPSA) is 73.5 Å². The van der Waals surface area contributed by atoms with Crippen molar-refractivity contribution >= 4 is 23.2 Å². The number of nitrogens with one attached hydrogen (secondary N) is 3. The number of hydrogen-bond donors (Lipinski definition) is 3. The molecule has 0 radical (unpaired) electrons. The molecule has 0 spiro atoms. The van der Waals surface area contributed by atoms with E-state index < -0.39 is 12.0 Å². The number of imide groups is 1. The number of benzene rings is 2. The largest absolute Gasteiger partial charge is 0.381 e. The zero-order chi connectivity index (χ0) is 23.4. The fourth-order valence-electron chi connectivity index (χ4n) is 4.06. The Bertz CT molecular complexity index is 1020. The van der Waals surface area contributed by atoms with Crippen molar-refractivity contribution in [3.63, 3.8) is 0 Å². The van der Waals surface area contributed by atoms with Crippen LogP contribution in [0.25, 0.3) is 0 Å². The Labute approximate surface area is 190 Å². The second kappa shape index (κ2) is 9.82. The maximum atomic E-state index is 14.6. The lowest BCUT2D eigenvalue weighted by Gasteiger charge is -2.31. The van der Waals surface area contributed by atoms with Gasteiger partial charge in [-0.15, -0.1) is 0 Å². The smallest absolute Gasteiger partial charge is 0.250 e. The molecule has 2 heterocycles. The number of rotatable bonds is 7. The van der Waals surface area contributed by atoms with Gasteiger partial charge in [-0.3, -0.25) is 19.8 Å². The van der Waals surface area contributed by atoms with Gasteiger partial charge in [-0.05, 0) is 36.2 Å². The van der Waals surface area contributed by atoms with E-state index in [4.69, 9.17) is 0 Å². The fourth-order valence-corrected chi connectivity index (χ4v) is 4.06. The molecule has 2 amide bonds. The third-order valence-corrected chi connectivity index (χ3v) is 6.04. The minimum atomic E-state index is -2.61. The van der Waals surface area contributed by atoms with E-state index in [0.29, 0.717) is 31.5 Å². The molecule has 2 saturated heterocycles. The molecule has 0 bridgehead atoms. The maximum absolute atomic E-state index is 14.6. The van der Waals surface area contributed by atoms with Gasteiger partial charge < -0.3 is 10.6 Å². The number of carbonyl (C=O) groups is 2. The Morgan fingerprint density at radius 3 is 2.55 bits per heavy atom. The van der Waals surface area contributed by atoms with Crippen molar-refractivity contribution in [3.05, 3.63) is 59.4 Å². The number of alkyl halides is 2. The molecule has 176 valence electrons. The molecule has 4 rings (SSSR count). The molecular weight excluding hydrogens is 433 g/mol. The van der Waals surface area contributed by atoms with Crippen LogP contribution in [0.3, 0.4) is 0 Å². The average Bonchev–Trinajstić information content (AvgIpc) is 2.77. The summed E-state index contributed by atoms with van der Waals surface area (Å²) >= 11 is 0. The third-order valence-electron chi connectivity index (χ3n) is 6.04. The zero-order valence-corrected chi connectivity index (χ0v) is 18.2. The molecular formula is C24H27F3N4O2. The Balaban J connectivity index is 1.31. The molecule has 3 N–H and O–H groups in total. The van der Waals surface area contributed by atoms with Gasteiger partial charge in [0.2, 0.25) is 11.8 Å². The van der Waals surface area contributed by atoms with Crippen molar-refractivity contribution < 1.29 is 22.8 Å². The van der Waals surface area contributed by atoms with E-state index >= 15 is 0 Å². The predicted octanol–water partition coefficient (Wildman–Crippen LogP) is 3.89. The van der Waals surface area contributed by atoms with E-state index in [1.165, 1.54) is 6.07 Å². The average molecular weight is 461 g/mol. The molecule has 2 fully saturated rings. The van der Waals surface area contributed by atoms with E-state index in [2.05, 4.69) is 16.0 Å². The molecule has 0 aliphatic carbocycles. The maximum Gasteiger partial charge on any atom is 0.250 e. The van der Waals surface area contributed by atoms with Gasteiger partial charge in [0.1, 0.15) is 11.9 Å². The Kier molecular flexibility index (Phi) is 6.88. The molecule has 0 saturated carbocycles. The highest BCUT2D eigenvalue weighted by atomic mass is 19.3. The number of anilines is 2. The summed E-state index contributed by atoms with van der Waals surface area (Å²) in [6.45, 7) is 1.25. The second-order valence-corrected chi connectivity index (χ2v) is 8.64. The highest BCUT2D eigenvalue weighted by Crippen LogP contribution is 2.28. The highest BCUT2D eigenvalue weighted by Gasteiger charge is 2.34. The third kappa shape index (κ3) is 6.25. The number of likely N-dealkylation sites (tertiary alicyclic amines) is 1. The number of nitrogens with zero attached hydrogens (tertiary/aromatic N) is 1. The van der Waals surface area contributed by atoms with E-state index in [0.717, 1.165) is 16.9 Å². The van der Waals surface area contributed by atoms with Gasteiger partial charge >= 0.3 is 0 Å². The molecule has 1 atom stereocenters. The van der Waals surface area contributed by atoms with Gasteiger partial charge in [0.25, 0.3) is 5.92 Å². The first-order chi connectivity index (χ1) is 15.8. The summed E-state index contributed by atoms with van der Waals surface area (Å²) in [4.78, 5) is 25.1. The van der Waals surface area contributed by atoms with Gasteiger partial charge in [-0.1, -0.05) is 18.2 Å². The first-order valence-electron chi connectivity index (χ1n) is 11.1. The number of amides is 2. The van der Waals surface area contributed by atoms with Gasteiger partial charge in [-0.25, -0.2) is 13.2 Å². The molecule has 2 aromatic rings. The van der Waals surface area contributed by atoms with Crippen LogP contribution >= 0.6 is 0 Å². The van der Waals surface area contributed by atoms with Crippen LogP contribution in [0, 0.1) is 5.82 Å². The SMILES string of the molecule is O=C1CCC(Nc2cccc(NCc3ccc(CN4CCC(F)(F)CC4)c(F)c3)c2)C(=O)N1. The van der Waals surface area contributed by atoms with Crippen molar-refractivity contribution in [3.8, 4) is 0 Å². The second-order valence-electron chi connectivity index (χ2n) is 8.64. The minimum Gasteiger partial charge on any atom is -0.381 e. The van der Waals surface area contributed by atoms with Crippen molar-refractivity contribution in [2.75, 3.05) is 23.7 Å². The van der Waals surface area contributed by atoms with E-state index in [1.807, 2.05) is 35.2 Å². The number of hydrogen-bond acceptors (Lipinski definition) is 5. The summed E-state index contributed by atoms with van der Waals surface area (Å²) in [7, 11) is 0. The van der Waals surface area contributed by atoms with Crippen LogP contribution in [-0.2, 0) is 22.7 Å². The molecule has 0 aromatic heterocycles. The van der Waals surface area contributed by atoms with Gasteiger partial charge in [0.15, 0.2) is 0 Å². The summed E-state index contributed by atoms with van der Waals surface area (Å²) < 4.78 is 41.2. The summed E-state index contributed by atoms with van der Waals surface area (Å²) in [6, 6.07) is 11.9. The van der Waals surface area contributed by atoms with Gasteiger partial charge in [-0.2, -0.15) is 0 Å². The van der Waals surface area contributed by atoms with Crippen LogP contribution < -0.4 is 16.0 Å². The van der Waals surface area contributed by atoms with Crippen LogP contribution in [0.4, 0.5) is 24.5 Å². The summed E-state index contributed by atoms with van der Waals surface area (Å²) in [5.41, 5.74) is 2.79. The summed E-state index contributed by atoms with van der Waals surface area (Å²) in [5.74, 6) is -3.55. The minimum absolute atomic E-state index is 0.186. The molecule has 2 aliphatic rings. The van der Waals surface area contributed by atoms with Crippen molar-refractivity contribution in [2.45, 2.75) is 50.7 Å². The molecule has 6 nitrogen and oxygen atoms in total. The Morgan fingerprint density at radius 2 is 1.82 bits per heavy atom. The van der Waals surface area contributed by atoms with Gasteiger partial charge in [0, 0.05) is 62.4 Å². The molecule has 1 unspecified atom stereocenters. The monoisotopic (exact) mass is 460 g/mol. The molecule has 2 aromatic carbocycles. The molecule has 33 heavy (non-hydrogen) atoms. The number of carbonyl (C=O) groups excluding carboxylic acids is 2. The van der Waals surface area contributed by atoms with Crippen LogP contribution in [0.1, 0.15) is 36.8 Å². The van der Waals surface area contributed by atoms with E-state index in [-0.39, 0.29) is 43.6 Å². The van der Waals surface area contributed by atoms with E-state index in [1.54, 1.807) is 6.07 Å². The van der Waals surface area contributed by atoms with Crippen LogP contribution in [0.2, 0.25) is 0 Å². The summed E-state index contributed by atoms with van der Waals surface area (Å²) in [5, 5.41) is 8.70. The van der Waals surface area contributed by atoms with Gasteiger partial charge in [0.05, 0.1) is 0 Å². The Morgan fingerprint density at radius 1 is 1.06 bits per heavy atom. The fraction of sp³-hybridized carbons (Fsp3) is 0.417. The number of piperidine rings is 2. The predicted molar refractivity (Wildman–Crippen MR) is 119 cm³/mol. The highest BCUT2D eigenvalue weighted by molar-refractivity contribution is 6.01. The molecule has 9 heteroatoms. The van der Waals surface area contributed by atoms with Crippen LogP contribution in [-0.4, -0.2) is 41.8 Å². The standard InChI is InChI=1S/C24H27F3N4O2/c25-20-12-16(4-5-17(20)15-31-10-8-24(26,27)9-11-31)14-28-18-2-1-3-19(13-18)29-21-6-7-22(32)30-23(21)33/h1-5,12-13,21,28-29H,6-11,14-15H2,(H,30,32,33). The van der Waals surface area contributed by atoms with Crippen LogP contribution in [0.15, 0.2) is 42.5 Å². The number of halogens is 3. The normalized spacial score (nSPS) is 20.9. The lowest BCUT2D eigenvalue weighted by Crippen LogP contribution is -2.47. The first kappa shape index (κ1) is 23.1. The Hall–Kier alpha value is -3.07. The van der Waals surface area contributed by atoms with Crippen LogP contribution in [0.5, 0.6) is 0 Å². The quantitative estimate of drug-likeness (QED) is 0.547. The van der Waals surface area contributed by atoms with E-state index in [9.17, 15) is 22.8 Å².